The highest BCUT2D eigenvalue weighted by Crippen LogP contribution is 2.66. The minimum Gasteiger partial charge on any atom is -0.454 e. The topological polar surface area (TPSA) is 19.6 Å². The van der Waals surface area contributed by atoms with Crippen LogP contribution < -0.4 is 9.80 Å². The Balaban J connectivity index is 1.06. The standard InChI is InChI=1S/C75H58F2N2O/c1-73(2,3)49-31-39-52(40-32-49)78(51-35-27-47(28-36-51)56-17-9-14-24-66(56)76)55-43-44-60-64(45-55)75(62-22-12-7-19-58(62)59-20-8-13-23-63(59)75)65-46-68(72-71(70(60)65)61-21-11-16-26-69(61)80-72)79(54-41-33-50(34-42-54)74(4,5)6)53-37-29-48(30-38-53)57-18-10-15-25-67(57)77/h7-46H,1-6H3. The maximum atomic E-state index is 15.4. The lowest BCUT2D eigenvalue weighted by atomic mass is 9.70. The first-order valence-corrected chi connectivity index (χ1v) is 27.6. The van der Waals surface area contributed by atoms with Crippen LogP contribution in [0.1, 0.15) is 74.9 Å². The van der Waals surface area contributed by atoms with E-state index in [2.05, 4.69) is 215 Å². The van der Waals surface area contributed by atoms with Crippen molar-refractivity contribution in [3.8, 4) is 44.5 Å². The predicted molar refractivity (Wildman–Crippen MR) is 328 cm³/mol. The van der Waals surface area contributed by atoms with Crippen molar-refractivity contribution in [1.29, 1.82) is 0 Å². The molecule has 0 bridgehead atoms. The summed E-state index contributed by atoms with van der Waals surface area (Å²) >= 11 is 0. The molecule has 0 N–H and O–H groups in total. The number of hydrogen-bond donors (Lipinski definition) is 0. The van der Waals surface area contributed by atoms with Gasteiger partial charge in [0.25, 0.3) is 0 Å². The van der Waals surface area contributed by atoms with Crippen molar-refractivity contribution in [1.82, 2.24) is 0 Å². The number of nitrogens with zero attached hydrogens (tertiary/aromatic N) is 2. The SMILES string of the molecule is CC(C)(C)c1ccc(N(c2ccc(-c3ccccc3F)cc2)c2ccc3c(c2)C2(c4ccccc4-c4ccccc42)c2cc(N(c4ccc(-c5ccccc5F)cc4)c4ccc(C(C)(C)C)cc4)c4oc5ccccc5c4c2-3)cc1. The van der Waals surface area contributed by atoms with Gasteiger partial charge in [-0.1, -0.05) is 199 Å². The molecule has 80 heavy (non-hydrogen) atoms. The predicted octanol–water partition coefficient (Wildman–Crippen LogP) is 21.1. The Morgan fingerprint density at radius 1 is 0.362 bits per heavy atom. The van der Waals surface area contributed by atoms with E-state index >= 15 is 8.78 Å². The maximum Gasteiger partial charge on any atom is 0.160 e. The number of fused-ring (bicyclic) bond motifs is 14. The second-order valence-corrected chi connectivity index (χ2v) is 23.5. The van der Waals surface area contributed by atoms with Gasteiger partial charge in [0.2, 0.25) is 0 Å². The first-order valence-electron chi connectivity index (χ1n) is 27.6. The second-order valence-electron chi connectivity index (χ2n) is 23.5. The lowest BCUT2D eigenvalue weighted by molar-refractivity contribution is 0.590. The van der Waals surface area contributed by atoms with Crippen LogP contribution in [0.4, 0.5) is 42.9 Å². The molecule has 0 unspecified atom stereocenters. The summed E-state index contributed by atoms with van der Waals surface area (Å²) in [6.45, 7) is 13.5. The smallest absolute Gasteiger partial charge is 0.160 e. The Morgan fingerprint density at radius 2 is 0.787 bits per heavy atom. The van der Waals surface area contributed by atoms with E-state index in [0.717, 1.165) is 83.9 Å². The zero-order valence-electron chi connectivity index (χ0n) is 45.7. The first kappa shape index (κ1) is 49.0. The van der Waals surface area contributed by atoms with Crippen LogP contribution >= 0.6 is 0 Å². The molecule has 2 aliphatic carbocycles. The van der Waals surface area contributed by atoms with Crippen LogP contribution in [0.15, 0.2) is 247 Å². The number of hydrogen-bond acceptors (Lipinski definition) is 3. The molecule has 0 saturated heterocycles. The monoisotopic (exact) mass is 1040 g/mol. The minimum absolute atomic E-state index is 0.0440. The fraction of sp³-hybridized carbons (Fsp3) is 0.120. The van der Waals surface area contributed by atoms with Gasteiger partial charge >= 0.3 is 0 Å². The summed E-state index contributed by atoms with van der Waals surface area (Å²) in [6.07, 6.45) is 0. The Kier molecular flexibility index (Phi) is 11.3. The number of rotatable bonds is 8. The van der Waals surface area contributed by atoms with E-state index in [-0.39, 0.29) is 22.5 Å². The largest absolute Gasteiger partial charge is 0.454 e. The quantitative estimate of drug-likeness (QED) is 0.151. The zero-order chi connectivity index (χ0) is 54.7. The van der Waals surface area contributed by atoms with Gasteiger partial charge in [-0.2, -0.15) is 0 Å². The van der Waals surface area contributed by atoms with Gasteiger partial charge < -0.3 is 14.2 Å². The Morgan fingerprint density at radius 3 is 1.29 bits per heavy atom. The zero-order valence-corrected chi connectivity index (χ0v) is 45.7. The van der Waals surface area contributed by atoms with Crippen molar-refractivity contribution >= 4 is 56.1 Å². The molecule has 1 aromatic heterocycles. The van der Waals surface area contributed by atoms with Crippen molar-refractivity contribution in [2.75, 3.05) is 9.80 Å². The molecule has 14 rings (SSSR count). The van der Waals surface area contributed by atoms with Crippen LogP contribution in [-0.2, 0) is 16.2 Å². The Bertz CT molecular complexity index is 4340. The fourth-order valence-corrected chi connectivity index (χ4v) is 12.9. The molecule has 0 radical (unpaired) electrons. The molecule has 0 atom stereocenters. The molecule has 2 aliphatic rings. The normalized spacial score (nSPS) is 13.1. The number of halogens is 2. The van der Waals surface area contributed by atoms with Gasteiger partial charge in [-0.25, -0.2) is 8.78 Å². The molecule has 1 heterocycles. The minimum atomic E-state index is -0.790. The van der Waals surface area contributed by atoms with E-state index in [1.807, 2.05) is 54.6 Å². The van der Waals surface area contributed by atoms with E-state index in [0.29, 0.717) is 11.1 Å². The van der Waals surface area contributed by atoms with E-state index in [4.69, 9.17) is 4.42 Å². The molecule has 0 amide bonds. The van der Waals surface area contributed by atoms with Crippen LogP contribution in [-0.4, -0.2) is 0 Å². The van der Waals surface area contributed by atoms with Crippen LogP contribution in [0.2, 0.25) is 0 Å². The summed E-state index contributed by atoms with van der Waals surface area (Å²) in [6, 6.07) is 84.0. The molecule has 3 nitrogen and oxygen atoms in total. The third kappa shape index (κ3) is 7.66. The third-order valence-electron chi connectivity index (χ3n) is 16.8. The number of furan rings is 1. The summed E-state index contributed by atoms with van der Waals surface area (Å²) in [5.74, 6) is -0.515. The molecule has 0 saturated carbocycles. The van der Waals surface area contributed by atoms with Gasteiger partial charge in [0.1, 0.15) is 17.2 Å². The van der Waals surface area contributed by atoms with E-state index in [9.17, 15) is 0 Å². The Hall–Kier alpha value is -9.32. The highest BCUT2D eigenvalue weighted by atomic mass is 19.1. The van der Waals surface area contributed by atoms with Crippen molar-refractivity contribution in [2.24, 2.45) is 0 Å². The van der Waals surface area contributed by atoms with Gasteiger partial charge in [0, 0.05) is 50.3 Å². The van der Waals surface area contributed by atoms with Gasteiger partial charge in [-0.05, 0) is 163 Å². The Labute approximate surface area is 466 Å². The van der Waals surface area contributed by atoms with Crippen LogP contribution in [0.25, 0.3) is 66.4 Å². The first-order chi connectivity index (χ1) is 38.8. The molecule has 11 aromatic carbocycles. The molecule has 0 aliphatic heterocycles. The highest BCUT2D eigenvalue weighted by Gasteiger charge is 2.53. The molecular formula is C75H58F2N2O. The summed E-state index contributed by atoms with van der Waals surface area (Å²) in [7, 11) is 0. The van der Waals surface area contributed by atoms with Crippen molar-refractivity contribution < 1.29 is 13.2 Å². The van der Waals surface area contributed by atoms with Gasteiger partial charge in [0.15, 0.2) is 5.58 Å². The van der Waals surface area contributed by atoms with E-state index in [1.165, 1.54) is 51.1 Å². The number of anilines is 6. The lowest BCUT2D eigenvalue weighted by Crippen LogP contribution is -2.26. The second kappa shape index (κ2) is 18.4. The molecule has 5 heteroatoms. The van der Waals surface area contributed by atoms with E-state index in [1.54, 1.807) is 12.1 Å². The lowest BCUT2D eigenvalue weighted by Gasteiger charge is -2.33. The van der Waals surface area contributed by atoms with Gasteiger partial charge in [-0.15, -0.1) is 0 Å². The van der Waals surface area contributed by atoms with Gasteiger partial charge in [0.05, 0.1) is 11.1 Å². The van der Waals surface area contributed by atoms with Gasteiger partial charge in [-0.3, -0.25) is 0 Å². The van der Waals surface area contributed by atoms with Crippen molar-refractivity contribution in [2.45, 2.75) is 57.8 Å². The summed E-state index contributed by atoms with van der Waals surface area (Å²) in [5.41, 5.74) is 21.0. The maximum absolute atomic E-state index is 15.4. The summed E-state index contributed by atoms with van der Waals surface area (Å²) < 4.78 is 38.0. The summed E-state index contributed by atoms with van der Waals surface area (Å²) in [5, 5.41) is 2.07. The fourth-order valence-electron chi connectivity index (χ4n) is 12.9. The average Bonchev–Trinajstić information content (AvgIpc) is 4.22. The van der Waals surface area contributed by atoms with Crippen LogP contribution in [0.3, 0.4) is 0 Å². The van der Waals surface area contributed by atoms with Crippen LogP contribution in [0, 0.1) is 11.6 Å². The molecule has 388 valence electrons. The summed E-state index contributed by atoms with van der Waals surface area (Å²) in [4.78, 5) is 4.66. The highest BCUT2D eigenvalue weighted by molar-refractivity contribution is 6.20. The van der Waals surface area contributed by atoms with Crippen LogP contribution in [0.5, 0.6) is 0 Å². The van der Waals surface area contributed by atoms with Crippen molar-refractivity contribution in [3.05, 3.63) is 288 Å². The number of para-hydroxylation sites is 1. The molecular weight excluding hydrogens is 983 g/mol. The van der Waals surface area contributed by atoms with E-state index < -0.39 is 5.41 Å². The van der Waals surface area contributed by atoms with Crippen molar-refractivity contribution in [3.63, 3.8) is 0 Å². The average molecular weight is 1040 g/mol. The third-order valence-corrected chi connectivity index (χ3v) is 16.8. The molecule has 1 spiro atoms. The number of benzene rings is 11. The molecule has 0 fully saturated rings. The molecule has 12 aromatic rings.